The fourth-order valence-electron chi connectivity index (χ4n) is 1.41. The van der Waals surface area contributed by atoms with Crippen LogP contribution in [0.4, 0.5) is 4.39 Å². The van der Waals surface area contributed by atoms with Gasteiger partial charge in [-0.1, -0.05) is 13.8 Å². The summed E-state index contributed by atoms with van der Waals surface area (Å²) in [4.78, 5) is 11.2. The van der Waals surface area contributed by atoms with Crippen LogP contribution in [0.2, 0.25) is 0 Å². The molecule has 1 unspecified atom stereocenters. The first-order valence-corrected chi connectivity index (χ1v) is 8.30. The molecule has 4 nitrogen and oxygen atoms in total. The lowest BCUT2D eigenvalue weighted by atomic mass is 10.1. The summed E-state index contributed by atoms with van der Waals surface area (Å²) in [6.45, 7) is 6.83. The molecule has 0 aliphatic carbocycles. The van der Waals surface area contributed by atoms with Gasteiger partial charge in [0.05, 0.1) is 5.56 Å². The first-order valence-electron chi connectivity index (χ1n) is 5.99. The van der Waals surface area contributed by atoms with Gasteiger partial charge >= 0.3 is 5.97 Å². The summed E-state index contributed by atoms with van der Waals surface area (Å²) in [5.74, 6) is -1.57. The van der Waals surface area contributed by atoms with Crippen LogP contribution in [0.15, 0.2) is 17.0 Å². The number of esters is 1. The van der Waals surface area contributed by atoms with Crippen LogP contribution in [0.5, 0.6) is 0 Å². The molecule has 0 fully saturated rings. The van der Waals surface area contributed by atoms with Gasteiger partial charge in [-0.2, -0.15) is 0 Å². The molecule has 20 heavy (non-hydrogen) atoms. The van der Waals surface area contributed by atoms with Gasteiger partial charge in [-0.15, -0.1) is 0 Å². The first-order chi connectivity index (χ1) is 9.04. The van der Waals surface area contributed by atoms with Crippen LogP contribution in [0, 0.1) is 18.7 Å². The Labute approximate surface area is 122 Å². The zero-order valence-corrected chi connectivity index (χ0v) is 13.2. The lowest BCUT2D eigenvalue weighted by molar-refractivity contribution is 0.0237. The van der Waals surface area contributed by atoms with Crippen molar-refractivity contribution >= 4 is 25.7 Å². The van der Waals surface area contributed by atoms with Gasteiger partial charge in [0.2, 0.25) is 0 Å². The van der Waals surface area contributed by atoms with Crippen LogP contribution in [0.25, 0.3) is 0 Å². The minimum atomic E-state index is -4.27. The molecule has 0 aliphatic heterocycles. The van der Waals surface area contributed by atoms with Gasteiger partial charge in [0.1, 0.15) is 16.8 Å². The topological polar surface area (TPSA) is 60.4 Å². The minimum Gasteiger partial charge on any atom is -0.459 e. The molecule has 7 heteroatoms. The average Bonchev–Trinajstić information content (AvgIpc) is 2.30. The van der Waals surface area contributed by atoms with Crippen molar-refractivity contribution in [3.05, 3.63) is 29.1 Å². The highest BCUT2D eigenvalue weighted by Crippen LogP contribution is 2.24. The van der Waals surface area contributed by atoms with E-state index in [1.54, 1.807) is 6.92 Å². The Bertz CT molecular complexity index is 626. The number of ether oxygens (including phenoxy) is 1. The molecule has 112 valence electrons. The van der Waals surface area contributed by atoms with E-state index < -0.39 is 25.7 Å². The second-order valence-corrected chi connectivity index (χ2v) is 7.43. The molecule has 0 saturated carbocycles. The van der Waals surface area contributed by atoms with E-state index >= 15 is 0 Å². The van der Waals surface area contributed by atoms with Crippen molar-refractivity contribution in [2.45, 2.75) is 38.7 Å². The fourth-order valence-corrected chi connectivity index (χ4v) is 2.39. The number of hydrogen-bond donors (Lipinski definition) is 0. The molecule has 0 heterocycles. The van der Waals surface area contributed by atoms with Crippen LogP contribution in [-0.2, 0) is 13.8 Å². The predicted molar refractivity (Wildman–Crippen MR) is 73.9 cm³/mol. The van der Waals surface area contributed by atoms with Crippen molar-refractivity contribution in [1.29, 1.82) is 0 Å². The number of carbonyl (C=O) groups excluding carboxylic acids is 1. The van der Waals surface area contributed by atoms with E-state index in [4.69, 9.17) is 15.4 Å². The largest absolute Gasteiger partial charge is 0.459 e. The standard InChI is InChI=1S/C13H16ClFO4S/c1-7(2)9(4)19-13(16)10-5-8(3)12(15)11(6-10)20(14,17)18/h5-7,9H,1-4H3. The van der Waals surface area contributed by atoms with Crippen molar-refractivity contribution in [2.24, 2.45) is 5.92 Å². The summed E-state index contributed by atoms with van der Waals surface area (Å²) in [6.07, 6.45) is -0.344. The van der Waals surface area contributed by atoms with Gasteiger partial charge in [0.25, 0.3) is 9.05 Å². The number of benzene rings is 1. The molecular formula is C13H16ClFO4S. The Morgan fingerprint density at radius 3 is 2.30 bits per heavy atom. The van der Waals surface area contributed by atoms with Crippen molar-refractivity contribution in [2.75, 3.05) is 0 Å². The predicted octanol–water partition coefficient (Wildman–Crippen LogP) is 3.26. The maximum atomic E-state index is 13.7. The van der Waals surface area contributed by atoms with E-state index in [0.717, 1.165) is 6.07 Å². The van der Waals surface area contributed by atoms with Crippen molar-refractivity contribution in [3.8, 4) is 0 Å². The summed E-state index contributed by atoms with van der Waals surface area (Å²) in [5, 5.41) is 0. The maximum absolute atomic E-state index is 13.7. The van der Waals surface area contributed by atoms with Gasteiger partial charge in [-0.05, 0) is 37.5 Å². The molecule has 0 aromatic heterocycles. The fraction of sp³-hybridized carbons (Fsp3) is 0.462. The van der Waals surface area contributed by atoms with Gasteiger partial charge in [-0.3, -0.25) is 0 Å². The number of halogens is 2. The Morgan fingerprint density at radius 2 is 1.85 bits per heavy atom. The van der Waals surface area contributed by atoms with Gasteiger partial charge < -0.3 is 4.74 Å². The molecule has 0 saturated heterocycles. The molecule has 1 atom stereocenters. The molecule has 0 bridgehead atoms. The number of hydrogen-bond acceptors (Lipinski definition) is 4. The third-order valence-electron chi connectivity index (χ3n) is 2.95. The summed E-state index contributed by atoms with van der Waals surface area (Å²) >= 11 is 0. The zero-order chi connectivity index (χ0) is 15.7. The molecule has 0 aliphatic rings. The van der Waals surface area contributed by atoms with Crippen LogP contribution in [0.3, 0.4) is 0 Å². The Kier molecular flexibility index (Phi) is 5.15. The molecular weight excluding hydrogens is 307 g/mol. The van der Waals surface area contributed by atoms with E-state index in [2.05, 4.69) is 0 Å². The second-order valence-electron chi connectivity index (χ2n) is 4.90. The molecule has 0 spiro atoms. The van der Waals surface area contributed by atoms with Crippen LogP contribution in [0.1, 0.15) is 36.7 Å². The Balaban J connectivity index is 3.21. The quantitative estimate of drug-likeness (QED) is 0.630. The minimum absolute atomic E-state index is 0.0101. The van der Waals surface area contributed by atoms with Gasteiger partial charge in [-0.25, -0.2) is 17.6 Å². The maximum Gasteiger partial charge on any atom is 0.338 e. The summed E-state index contributed by atoms with van der Waals surface area (Å²) in [5.41, 5.74) is -0.0356. The highest BCUT2D eigenvalue weighted by atomic mass is 35.7. The third-order valence-corrected chi connectivity index (χ3v) is 4.27. The summed E-state index contributed by atoms with van der Waals surface area (Å²) in [7, 11) is 0.881. The zero-order valence-electron chi connectivity index (χ0n) is 11.6. The summed E-state index contributed by atoms with van der Waals surface area (Å²) in [6, 6.07) is 2.12. The lowest BCUT2D eigenvalue weighted by Gasteiger charge is -2.17. The molecule has 0 amide bonds. The van der Waals surface area contributed by atoms with Crippen molar-refractivity contribution in [3.63, 3.8) is 0 Å². The van der Waals surface area contributed by atoms with E-state index in [1.165, 1.54) is 13.0 Å². The van der Waals surface area contributed by atoms with E-state index in [1.807, 2.05) is 13.8 Å². The molecule has 1 aromatic carbocycles. The van der Waals surface area contributed by atoms with Crippen molar-refractivity contribution < 1.29 is 22.3 Å². The van der Waals surface area contributed by atoms with Crippen LogP contribution in [-0.4, -0.2) is 20.5 Å². The lowest BCUT2D eigenvalue weighted by Crippen LogP contribution is -2.20. The first kappa shape index (κ1) is 16.9. The van der Waals surface area contributed by atoms with Crippen molar-refractivity contribution in [1.82, 2.24) is 0 Å². The number of carbonyl (C=O) groups is 1. The molecule has 1 aromatic rings. The molecule has 0 N–H and O–H groups in total. The second kappa shape index (κ2) is 6.10. The molecule has 0 radical (unpaired) electrons. The van der Waals surface area contributed by atoms with E-state index in [0.29, 0.717) is 0 Å². The highest BCUT2D eigenvalue weighted by molar-refractivity contribution is 8.13. The smallest absolute Gasteiger partial charge is 0.338 e. The normalized spacial score (nSPS) is 13.3. The van der Waals surface area contributed by atoms with E-state index in [-0.39, 0.29) is 23.1 Å². The third kappa shape index (κ3) is 3.93. The monoisotopic (exact) mass is 322 g/mol. The van der Waals surface area contributed by atoms with Gasteiger partial charge in [0, 0.05) is 10.7 Å². The molecule has 1 rings (SSSR count). The summed E-state index contributed by atoms with van der Waals surface area (Å²) < 4.78 is 41.4. The van der Waals surface area contributed by atoms with Gasteiger partial charge in [0.15, 0.2) is 0 Å². The average molecular weight is 323 g/mol. The number of aryl methyl sites for hydroxylation is 1. The SMILES string of the molecule is Cc1cc(C(=O)OC(C)C(C)C)cc(S(=O)(=O)Cl)c1F. The number of rotatable bonds is 4. The highest BCUT2D eigenvalue weighted by Gasteiger charge is 2.23. The Hall–Kier alpha value is -1.14. The van der Waals surface area contributed by atoms with Crippen LogP contribution < -0.4 is 0 Å². The Morgan fingerprint density at radius 1 is 1.30 bits per heavy atom. The van der Waals surface area contributed by atoms with Crippen LogP contribution >= 0.6 is 10.7 Å². The van der Waals surface area contributed by atoms with E-state index in [9.17, 15) is 17.6 Å².